The molecule has 1 heterocycles. The number of carbonyl (C=O) groups is 1. The van der Waals surface area contributed by atoms with Crippen LogP contribution in [-0.4, -0.2) is 43.7 Å². The van der Waals surface area contributed by atoms with Crippen LogP contribution in [0.25, 0.3) is 0 Å². The van der Waals surface area contributed by atoms with Crippen molar-refractivity contribution in [1.29, 1.82) is 0 Å². The van der Waals surface area contributed by atoms with Crippen molar-refractivity contribution in [2.45, 2.75) is 58.4 Å². The lowest BCUT2D eigenvalue weighted by Gasteiger charge is -2.35. The fourth-order valence-electron chi connectivity index (χ4n) is 4.48. The summed E-state index contributed by atoms with van der Waals surface area (Å²) in [5.74, 6) is -0.536. The molecule has 174 valence electrons. The van der Waals surface area contributed by atoms with E-state index in [1.165, 1.54) is 16.4 Å². The van der Waals surface area contributed by atoms with Gasteiger partial charge in [-0.15, -0.1) is 0 Å². The predicted molar refractivity (Wildman–Crippen MR) is 124 cm³/mol. The van der Waals surface area contributed by atoms with E-state index in [9.17, 15) is 17.6 Å². The van der Waals surface area contributed by atoms with Crippen LogP contribution in [0.3, 0.4) is 0 Å². The van der Waals surface area contributed by atoms with Crippen LogP contribution in [0.2, 0.25) is 0 Å². The molecule has 5 nitrogen and oxygen atoms in total. The number of hydrogen-bond acceptors (Lipinski definition) is 3. The van der Waals surface area contributed by atoms with E-state index in [-0.39, 0.29) is 23.7 Å². The molecule has 1 aliphatic rings. The number of carbonyl (C=O) groups excluding carboxylic acids is 1. The summed E-state index contributed by atoms with van der Waals surface area (Å²) in [6.45, 7) is 10.1. The molecule has 1 saturated heterocycles. The number of nitrogens with zero attached hydrogens (tertiary/aromatic N) is 2. The molecule has 2 aromatic carbocycles. The molecule has 1 amide bonds. The van der Waals surface area contributed by atoms with Crippen molar-refractivity contribution in [3.8, 4) is 0 Å². The summed E-state index contributed by atoms with van der Waals surface area (Å²) in [5.41, 5.74) is 4.38. The summed E-state index contributed by atoms with van der Waals surface area (Å²) >= 11 is 0. The molecular formula is C25H33FN2O3S. The predicted octanol–water partition coefficient (Wildman–Crippen LogP) is 4.68. The Morgan fingerprint density at radius 1 is 1.03 bits per heavy atom. The molecule has 7 heteroatoms. The van der Waals surface area contributed by atoms with E-state index in [1.54, 1.807) is 24.1 Å². The van der Waals surface area contributed by atoms with Gasteiger partial charge in [0.25, 0.3) is 0 Å². The Morgan fingerprint density at radius 2 is 1.53 bits per heavy atom. The highest BCUT2D eigenvalue weighted by Crippen LogP contribution is 2.32. The van der Waals surface area contributed by atoms with Gasteiger partial charge < -0.3 is 4.90 Å². The van der Waals surface area contributed by atoms with E-state index in [0.717, 1.165) is 27.8 Å². The molecular weight excluding hydrogens is 427 g/mol. The number of rotatable bonds is 5. The Bertz CT molecular complexity index is 1080. The van der Waals surface area contributed by atoms with Gasteiger partial charge in [0.15, 0.2) is 0 Å². The first-order valence-electron chi connectivity index (χ1n) is 11.0. The highest BCUT2D eigenvalue weighted by atomic mass is 32.2. The number of sulfonamides is 1. The van der Waals surface area contributed by atoms with Crippen LogP contribution in [0, 0.1) is 39.4 Å². The van der Waals surface area contributed by atoms with Gasteiger partial charge in [-0.2, -0.15) is 4.31 Å². The quantitative estimate of drug-likeness (QED) is 0.651. The first-order chi connectivity index (χ1) is 14.9. The maximum absolute atomic E-state index is 13.5. The summed E-state index contributed by atoms with van der Waals surface area (Å²) in [4.78, 5) is 15.2. The summed E-state index contributed by atoms with van der Waals surface area (Å²) in [6.07, 6.45) is 0.975. The molecule has 0 aliphatic carbocycles. The third kappa shape index (κ3) is 4.59. The Kier molecular flexibility index (Phi) is 7.10. The van der Waals surface area contributed by atoms with Gasteiger partial charge in [0.1, 0.15) is 5.82 Å². The molecule has 32 heavy (non-hydrogen) atoms. The fraction of sp³-hybridized carbons (Fsp3) is 0.480. The van der Waals surface area contributed by atoms with Crippen LogP contribution in [0.1, 0.15) is 53.6 Å². The third-order valence-electron chi connectivity index (χ3n) is 6.98. The number of hydrogen-bond donors (Lipinski definition) is 0. The van der Waals surface area contributed by atoms with Crippen molar-refractivity contribution in [3.63, 3.8) is 0 Å². The number of amides is 1. The molecule has 1 atom stereocenters. The molecule has 0 radical (unpaired) electrons. The van der Waals surface area contributed by atoms with Crippen LogP contribution in [0.5, 0.6) is 0 Å². The van der Waals surface area contributed by atoms with Crippen molar-refractivity contribution >= 4 is 15.9 Å². The molecule has 0 N–H and O–H groups in total. The van der Waals surface area contributed by atoms with Crippen molar-refractivity contribution < 1.29 is 17.6 Å². The lowest BCUT2D eigenvalue weighted by atomic mass is 9.95. The SMILES string of the molecule is Cc1cc(C)c(C)c(S(=O)(=O)N2CCC(C(=O)N(C)C(C)c3ccc(F)cc3)CC2)c1C. The Morgan fingerprint density at radius 3 is 2.03 bits per heavy atom. The minimum Gasteiger partial charge on any atom is -0.339 e. The lowest BCUT2D eigenvalue weighted by molar-refractivity contribution is -0.137. The summed E-state index contributed by atoms with van der Waals surface area (Å²) in [6, 6.07) is 7.99. The highest BCUT2D eigenvalue weighted by molar-refractivity contribution is 7.89. The molecule has 0 bridgehead atoms. The minimum atomic E-state index is -3.63. The lowest BCUT2D eigenvalue weighted by Crippen LogP contribution is -2.44. The maximum Gasteiger partial charge on any atom is 0.243 e. The van der Waals surface area contributed by atoms with Gasteiger partial charge >= 0.3 is 0 Å². The van der Waals surface area contributed by atoms with Crippen molar-refractivity contribution in [2.75, 3.05) is 20.1 Å². The normalized spacial score (nSPS) is 16.7. The molecule has 0 spiro atoms. The Hall–Kier alpha value is -2.25. The second kappa shape index (κ2) is 9.32. The van der Waals surface area contributed by atoms with E-state index in [2.05, 4.69) is 0 Å². The number of halogens is 1. The van der Waals surface area contributed by atoms with Crippen molar-refractivity contribution in [1.82, 2.24) is 9.21 Å². The van der Waals surface area contributed by atoms with Gasteiger partial charge in [0, 0.05) is 26.1 Å². The smallest absolute Gasteiger partial charge is 0.243 e. The third-order valence-corrected chi connectivity index (χ3v) is 9.15. The van der Waals surface area contributed by atoms with E-state index < -0.39 is 10.0 Å². The number of aryl methyl sites for hydroxylation is 2. The van der Waals surface area contributed by atoms with Gasteiger partial charge in [-0.1, -0.05) is 18.2 Å². The zero-order chi connectivity index (χ0) is 23.8. The first kappa shape index (κ1) is 24.4. The second-order valence-electron chi connectivity index (χ2n) is 8.94. The average Bonchev–Trinajstić information content (AvgIpc) is 2.77. The van der Waals surface area contributed by atoms with Gasteiger partial charge in [-0.25, -0.2) is 12.8 Å². The van der Waals surface area contributed by atoms with Crippen molar-refractivity contribution in [2.24, 2.45) is 5.92 Å². The molecule has 1 fully saturated rings. The van der Waals surface area contributed by atoms with E-state index in [0.29, 0.717) is 30.8 Å². The zero-order valence-corrected chi connectivity index (χ0v) is 20.6. The topological polar surface area (TPSA) is 57.7 Å². The van der Waals surface area contributed by atoms with Crippen LogP contribution in [0.4, 0.5) is 4.39 Å². The standard InChI is InChI=1S/C25H33FN2O3S/c1-16-15-17(2)19(4)24(18(16)3)32(30,31)28-13-11-22(12-14-28)25(29)27(6)20(5)21-7-9-23(26)10-8-21/h7-10,15,20,22H,11-14H2,1-6H3. The average molecular weight is 461 g/mol. The van der Waals surface area contributed by atoms with Crippen LogP contribution >= 0.6 is 0 Å². The molecule has 3 rings (SSSR count). The summed E-state index contributed by atoms with van der Waals surface area (Å²) in [5, 5.41) is 0. The monoisotopic (exact) mass is 460 g/mol. The Balaban J connectivity index is 1.72. The van der Waals surface area contributed by atoms with Gasteiger partial charge in [-0.05, 0) is 87.4 Å². The summed E-state index contributed by atoms with van der Waals surface area (Å²) < 4.78 is 41.7. The molecule has 0 saturated carbocycles. The fourth-order valence-corrected chi connectivity index (χ4v) is 6.53. The van der Waals surface area contributed by atoms with Crippen LogP contribution in [0.15, 0.2) is 35.2 Å². The summed E-state index contributed by atoms with van der Waals surface area (Å²) in [7, 11) is -1.88. The number of benzene rings is 2. The molecule has 1 unspecified atom stereocenters. The van der Waals surface area contributed by atoms with Crippen molar-refractivity contribution in [3.05, 3.63) is 64.0 Å². The van der Waals surface area contributed by atoms with Gasteiger partial charge in [0.2, 0.25) is 15.9 Å². The van der Waals surface area contributed by atoms with E-state index in [4.69, 9.17) is 0 Å². The van der Waals surface area contributed by atoms with Crippen LogP contribution in [-0.2, 0) is 14.8 Å². The second-order valence-corrected chi connectivity index (χ2v) is 10.8. The first-order valence-corrected chi connectivity index (χ1v) is 12.5. The largest absolute Gasteiger partial charge is 0.339 e. The van der Waals surface area contributed by atoms with E-state index >= 15 is 0 Å². The zero-order valence-electron chi connectivity index (χ0n) is 19.8. The highest BCUT2D eigenvalue weighted by Gasteiger charge is 2.35. The molecule has 1 aliphatic heterocycles. The van der Waals surface area contributed by atoms with Gasteiger partial charge in [-0.3, -0.25) is 4.79 Å². The minimum absolute atomic E-state index is 0.00219. The Labute approximate surface area is 191 Å². The van der Waals surface area contributed by atoms with E-state index in [1.807, 2.05) is 40.7 Å². The van der Waals surface area contributed by atoms with Crippen LogP contribution < -0.4 is 0 Å². The maximum atomic E-state index is 13.5. The van der Waals surface area contributed by atoms with Gasteiger partial charge in [0.05, 0.1) is 10.9 Å². The molecule has 2 aromatic rings. The molecule has 0 aromatic heterocycles. The number of piperidine rings is 1.